The predicted molar refractivity (Wildman–Crippen MR) is 76.7 cm³/mol. The minimum Gasteiger partial charge on any atom is -0.480 e. The van der Waals surface area contributed by atoms with Crippen LogP contribution in [-0.4, -0.2) is 27.8 Å². The molecule has 0 aliphatic carbocycles. The van der Waals surface area contributed by atoms with Gasteiger partial charge >= 0.3 is 5.97 Å². The van der Waals surface area contributed by atoms with Gasteiger partial charge in [0, 0.05) is 21.4 Å². The van der Waals surface area contributed by atoms with Gasteiger partial charge in [0.1, 0.15) is 0 Å². The highest BCUT2D eigenvalue weighted by atomic mass is 35.5. The number of carboxylic acid groups (broad SMARTS) is 1. The van der Waals surface area contributed by atoms with Gasteiger partial charge in [-0.25, -0.2) is 0 Å². The zero-order valence-corrected chi connectivity index (χ0v) is 12.3. The molecule has 0 fully saturated rings. The first-order valence-electron chi connectivity index (χ1n) is 4.93. The van der Waals surface area contributed by atoms with E-state index in [1.165, 1.54) is 11.8 Å². The van der Waals surface area contributed by atoms with Crippen LogP contribution < -0.4 is 0 Å². The first-order valence-corrected chi connectivity index (χ1v) is 7.72. The van der Waals surface area contributed by atoms with Crippen LogP contribution in [0.5, 0.6) is 0 Å². The Kier molecular flexibility index (Phi) is 6.55. The van der Waals surface area contributed by atoms with Crippen LogP contribution in [0.2, 0.25) is 10.0 Å². The molecule has 0 bridgehead atoms. The zero-order valence-electron chi connectivity index (χ0n) is 9.15. The van der Waals surface area contributed by atoms with Gasteiger partial charge in [-0.2, -0.15) is 0 Å². The lowest BCUT2D eigenvalue weighted by Crippen LogP contribution is -2.12. The molecule has 0 aliphatic rings. The van der Waals surface area contributed by atoms with Gasteiger partial charge in [-0.3, -0.25) is 4.79 Å². The number of benzene rings is 1. The maximum absolute atomic E-state index is 10.6. The molecule has 0 amide bonds. The topological polar surface area (TPSA) is 37.3 Å². The van der Waals surface area contributed by atoms with Crippen molar-refractivity contribution in [3.8, 4) is 0 Å². The van der Waals surface area contributed by atoms with E-state index in [4.69, 9.17) is 28.3 Å². The lowest BCUT2D eigenvalue weighted by molar-refractivity contribution is -0.136. The zero-order chi connectivity index (χ0) is 12.8. The summed E-state index contributed by atoms with van der Waals surface area (Å²) in [7, 11) is 0. The van der Waals surface area contributed by atoms with Crippen molar-refractivity contribution in [1.82, 2.24) is 0 Å². The Balaban J connectivity index is 2.36. The summed E-state index contributed by atoms with van der Waals surface area (Å²) >= 11 is 14.9. The van der Waals surface area contributed by atoms with Crippen molar-refractivity contribution in [2.45, 2.75) is 17.1 Å². The number of carboxylic acids is 1. The summed E-state index contributed by atoms with van der Waals surface area (Å²) in [5, 5.41) is 9.68. The number of halogens is 2. The molecule has 1 aromatic rings. The largest absolute Gasteiger partial charge is 0.480 e. The lowest BCUT2D eigenvalue weighted by Gasteiger charge is -2.07. The Hall–Kier alpha value is -0.0300. The van der Waals surface area contributed by atoms with E-state index in [9.17, 15) is 4.79 Å². The number of rotatable bonds is 6. The Bertz CT molecular complexity index is 399. The van der Waals surface area contributed by atoms with E-state index < -0.39 is 5.97 Å². The molecule has 0 spiro atoms. The molecule has 0 saturated carbocycles. The van der Waals surface area contributed by atoms with Crippen molar-refractivity contribution in [2.75, 3.05) is 11.5 Å². The Morgan fingerprint density at radius 3 is 2.76 bits per heavy atom. The third-order valence-corrected chi connectivity index (χ3v) is 5.08. The molecule has 1 aromatic carbocycles. The third-order valence-electron chi connectivity index (χ3n) is 1.95. The van der Waals surface area contributed by atoms with Crippen LogP contribution in [0.1, 0.15) is 6.92 Å². The van der Waals surface area contributed by atoms with E-state index in [0.29, 0.717) is 10.0 Å². The van der Waals surface area contributed by atoms with E-state index in [1.807, 2.05) is 6.07 Å². The molecule has 6 heteroatoms. The maximum Gasteiger partial charge on any atom is 0.316 e. The van der Waals surface area contributed by atoms with Crippen molar-refractivity contribution >= 4 is 52.7 Å². The average molecular weight is 311 g/mol. The number of thioether (sulfide) groups is 2. The van der Waals surface area contributed by atoms with E-state index in [-0.39, 0.29) is 5.25 Å². The molecule has 0 radical (unpaired) electrons. The van der Waals surface area contributed by atoms with Crippen molar-refractivity contribution in [2.24, 2.45) is 0 Å². The predicted octanol–water partition coefficient (Wildman–Crippen LogP) is 4.29. The van der Waals surface area contributed by atoms with Crippen LogP contribution in [0.25, 0.3) is 0 Å². The molecule has 1 unspecified atom stereocenters. The number of aliphatic carboxylic acids is 1. The molecule has 0 saturated heterocycles. The van der Waals surface area contributed by atoms with E-state index in [0.717, 1.165) is 16.4 Å². The van der Waals surface area contributed by atoms with E-state index in [2.05, 4.69) is 0 Å². The lowest BCUT2D eigenvalue weighted by atomic mass is 10.4. The summed E-state index contributed by atoms with van der Waals surface area (Å²) in [6, 6.07) is 5.33. The van der Waals surface area contributed by atoms with Gasteiger partial charge in [0.25, 0.3) is 0 Å². The molecule has 0 aliphatic heterocycles. The summed E-state index contributed by atoms with van der Waals surface area (Å²) in [5.41, 5.74) is 0. The van der Waals surface area contributed by atoms with Crippen LogP contribution in [0.15, 0.2) is 23.1 Å². The Morgan fingerprint density at radius 1 is 1.41 bits per heavy atom. The molecule has 0 aromatic heterocycles. The van der Waals surface area contributed by atoms with Crippen molar-refractivity contribution < 1.29 is 9.90 Å². The van der Waals surface area contributed by atoms with Crippen molar-refractivity contribution in [3.63, 3.8) is 0 Å². The Morgan fingerprint density at radius 2 is 2.12 bits per heavy atom. The van der Waals surface area contributed by atoms with Gasteiger partial charge in [-0.1, -0.05) is 23.2 Å². The SMILES string of the molecule is CC(SCCSc1cc(Cl)ccc1Cl)C(=O)O. The second-order valence-corrected chi connectivity index (χ2v) is 6.70. The van der Waals surface area contributed by atoms with Gasteiger partial charge in [0.2, 0.25) is 0 Å². The molecule has 94 valence electrons. The van der Waals surface area contributed by atoms with Gasteiger partial charge < -0.3 is 5.11 Å². The molecule has 17 heavy (non-hydrogen) atoms. The summed E-state index contributed by atoms with van der Waals surface area (Å²) in [5.74, 6) is 0.796. The van der Waals surface area contributed by atoms with Gasteiger partial charge in [0.15, 0.2) is 0 Å². The highest BCUT2D eigenvalue weighted by molar-refractivity contribution is 8.03. The van der Waals surface area contributed by atoms with E-state index in [1.54, 1.807) is 30.8 Å². The Labute approximate surface area is 119 Å². The van der Waals surface area contributed by atoms with Crippen molar-refractivity contribution in [3.05, 3.63) is 28.2 Å². The fourth-order valence-electron chi connectivity index (χ4n) is 1.04. The standard InChI is InChI=1S/C11H12Cl2O2S2/c1-7(11(14)15)16-4-5-17-10-6-8(12)2-3-9(10)13/h2-3,6-7H,4-5H2,1H3,(H,14,15). The van der Waals surface area contributed by atoms with Crippen molar-refractivity contribution in [1.29, 1.82) is 0 Å². The first kappa shape index (κ1) is 15.0. The van der Waals surface area contributed by atoms with E-state index >= 15 is 0 Å². The molecular weight excluding hydrogens is 299 g/mol. The highest BCUT2D eigenvalue weighted by Crippen LogP contribution is 2.30. The molecule has 0 heterocycles. The molecular formula is C11H12Cl2O2S2. The van der Waals surface area contributed by atoms with Gasteiger partial charge in [-0.15, -0.1) is 23.5 Å². The summed E-state index contributed by atoms with van der Waals surface area (Å²) in [6.07, 6.45) is 0. The quantitative estimate of drug-likeness (QED) is 0.628. The molecule has 1 N–H and O–H groups in total. The smallest absolute Gasteiger partial charge is 0.316 e. The minimum absolute atomic E-state index is 0.370. The molecule has 2 nitrogen and oxygen atoms in total. The normalized spacial score (nSPS) is 12.4. The number of hydrogen-bond acceptors (Lipinski definition) is 3. The molecule has 1 rings (SSSR count). The van der Waals surface area contributed by atoms with Crippen LogP contribution in [-0.2, 0) is 4.79 Å². The van der Waals surface area contributed by atoms with Crippen LogP contribution in [0.3, 0.4) is 0 Å². The fraction of sp³-hybridized carbons (Fsp3) is 0.364. The highest BCUT2D eigenvalue weighted by Gasteiger charge is 2.10. The summed E-state index contributed by atoms with van der Waals surface area (Å²) in [4.78, 5) is 11.5. The summed E-state index contributed by atoms with van der Waals surface area (Å²) < 4.78 is 0. The average Bonchev–Trinajstić information content (AvgIpc) is 2.28. The second-order valence-electron chi connectivity index (χ2n) is 3.27. The number of hydrogen-bond donors (Lipinski definition) is 1. The van der Waals surface area contributed by atoms with Gasteiger partial charge in [0.05, 0.1) is 10.3 Å². The van der Waals surface area contributed by atoms with Crippen LogP contribution in [0.4, 0.5) is 0 Å². The summed E-state index contributed by atoms with van der Waals surface area (Å²) in [6.45, 7) is 1.68. The maximum atomic E-state index is 10.6. The van der Waals surface area contributed by atoms with Gasteiger partial charge in [-0.05, 0) is 25.1 Å². The van der Waals surface area contributed by atoms with Crippen LogP contribution >= 0.6 is 46.7 Å². The van der Waals surface area contributed by atoms with Crippen LogP contribution in [0, 0.1) is 0 Å². The first-order chi connectivity index (χ1) is 8.00. The second kappa shape index (κ2) is 7.41. The minimum atomic E-state index is -0.777. The fourth-order valence-corrected chi connectivity index (χ4v) is 3.40. The number of carbonyl (C=O) groups is 1. The molecule has 1 atom stereocenters. The monoisotopic (exact) mass is 310 g/mol. The third kappa shape index (κ3) is 5.42.